The van der Waals surface area contributed by atoms with Crippen molar-refractivity contribution in [3.8, 4) is 0 Å². The minimum absolute atomic E-state index is 0.303. The van der Waals surface area contributed by atoms with Crippen molar-refractivity contribution in [1.29, 1.82) is 0 Å². The fourth-order valence-electron chi connectivity index (χ4n) is 2.41. The van der Waals surface area contributed by atoms with E-state index in [0.29, 0.717) is 24.3 Å². The monoisotopic (exact) mass is 263 g/mol. The van der Waals surface area contributed by atoms with Crippen LogP contribution < -0.4 is 5.32 Å². The van der Waals surface area contributed by atoms with E-state index >= 15 is 0 Å². The van der Waals surface area contributed by atoms with Crippen LogP contribution in [0.4, 0.5) is 8.78 Å². The zero-order valence-corrected chi connectivity index (χ0v) is 11.5. The molecule has 0 bridgehead atoms. The maximum Gasteiger partial charge on any atom is 0.377 e. The number of alkyl halides is 2. The summed E-state index contributed by atoms with van der Waals surface area (Å²) in [5.74, 6) is -3.14. The zero-order valence-electron chi connectivity index (χ0n) is 11.5. The lowest BCUT2D eigenvalue weighted by Crippen LogP contribution is -2.34. The van der Waals surface area contributed by atoms with Crippen LogP contribution in [0.1, 0.15) is 34.1 Å². The molecule has 1 rings (SSSR count). The van der Waals surface area contributed by atoms with E-state index in [2.05, 4.69) is 37.7 Å². The average Bonchev–Trinajstić information content (AvgIpc) is 2.46. The van der Waals surface area contributed by atoms with Crippen LogP contribution in [-0.4, -0.2) is 31.1 Å². The molecule has 0 aromatic heterocycles. The SMILES string of the molecule is CC(C)C(CNCC1CC(F)(F)C(=O)O1)C(C)C. The van der Waals surface area contributed by atoms with Gasteiger partial charge < -0.3 is 10.1 Å². The smallest absolute Gasteiger partial charge is 0.377 e. The number of cyclic esters (lactones) is 1. The molecule has 1 heterocycles. The second-order valence-electron chi connectivity index (χ2n) is 5.75. The van der Waals surface area contributed by atoms with E-state index in [1.54, 1.807) is 0 Å². The van der Waals surface area contributed by atoms with Crippen LogP contribution in [0.2, 0.25) is 0 Å². The van der Waals surface area contributed by atoms with E-state index in [4.69, 9.17) is 0 Å². The standard InChI is InChI=1S/C13H23F2NO2/c1-8(2)11(9(3)4)7-16-6-10-5-13(14,15)12(17)18-10/h8-11,16H,5-7H2,1-4H3. The van der Waals surface area contributed by atoms with Crippen LogP contribution in [0.15, 0.2) is 0 Å². The number of hydrogen-bond donors (Lipinski definition) is 1. The maximum atomic E-state index is 12.9. The van der Waals surface area contributed by atoms with E-state index in [1.165, 1.54) is 0 Å². The van der Waals surface area contributed by atoms with Crippen molar-refractivity contribution in [2.75, 3.05) is 13.1 Å². The number of hydrogen-bond acceptors (Lipinski definition) is 3. The summed E-state index contributed by atoms with van der Waals surface area (Å²) in [6, 6.07) is 0. The Labute approximate surface area is 107 Å². The van der Waals surface area contributed by atoms with Gasteiger partial charge >= 0.3 is 11.9 Å². The molecule has 1 atom stereocenters. The molecule has 5 heteroatoms. The lowest BCUT2D eigenvalue weighted by Gasteiger charge is -2.25. The Kier molecular flexibility index (Phi) is 5.08. The van der Waals surface area contributed by atoms with Gasteiger partial charge in [0.1, 0.15) is 6.10 Å². The van der Waals surface area contributed by atoms with Gasteiger partial charge in [0, 0.05) is 6.54 Å². The van der Waals surface area contributed by atoms with Gasteiger partial charge in [0.15, 0.2) is 0 Å². The Balaban J connectivity index is 2.32. The van der Waals surface area contributed by atoms with E-state index in [0.717, 1.165) is 6.54 Å². The second kappa shape index (κ2) is 5.95. The number of carbonyl (C=O) groups is 1. The highest BCUT2D eigenvalue weighted by Crippen LogP contribution is 2.30. The lowest BCUT2D eigenvalue weighted by atomic mass is 9.85. The third-order valence-corrected chi connectivity index (χ3v) is 3.52. The van der Waals surface area contributed by atoms with Gasteiger partial charge in [0.25, 0.3) is 0 Å². The predicted molar refractivity (Wildman–Crippen MR) is 65.5 cm³/mol. The molecule has 0 saturated carbocycles. The van der Waals surface area contributed by atoms with Crippen molar-refractivity contribution in [2.45, 2.75) is 46.1 Å². The van der Waals surface area contributed by atoms with Crippen LogP contribution in [0, 0.1) is 17.8 Å². The van der Waals surface area contributed by atoms with E-state index in [-0.39, 0.29) is 0 Å². The van der Waals surface area contributed by atoms with Crippen LogP contribution in [-0.2, 0) is 9.53 Å². The van der Waals surface area contributed by atoms with E-state index in [1.807, 2.05) is 0 Å². The van der Waals surface area contributed by atoms with Gasteiger partial charge in [-0.05, 0) is 24.3 Å². The molecule has 0 radical (unpaired) electrons. The summed E-state index contributed by atoms with van der Waals surface area (Å²) >= 11 is 0. The summed E-state index contributed by atoms with van der Waals surface area (Å²) in [5, 5.41) is 3.14. The van der Waals surface area contributed by atoms with Crippen molar-refractivity contribution in [2.24, 2.45) is 17.8 Å². The maximum absolute atomic E-state index is 12.9. The second-order valence-corrected chi connectivity index (χ2v) is 5.75. The molecule has 3 nitrogen and oxygen atoms in total. The topological polar surface area (TPSA) is 38.3 Å². The number of ether oxygens (including phenoxy) is 1. The quantitative estimate of drug-likeness (QED) is 0.748. The van der Waals surface area contributed by atoms with Gasteiger partial charge in [-0.15, -0.1) is 0 Å². The molecular weight excluding hydrogens is 240 g/mol. The van der Waals surface area contributed by atoms with Crippen LogP contribution in [0.5, 0.6) is 0 Å². The first-order chi connectivity index (χ1) is 8.24. The fraction of sp³-hybridized carbons (Fsp3) is 0.923. The largest absolute Gasteiger partial charge is 0.456 e. The molecule has 106 valence electrons. The molecule has 0 aliphatic carbocycles. The Morgan fingerprint density at radius 1 is 1.33 bits per heavy atom. The molecule has 1 aliphatic rings. The van der Waals surface area contributed by atoms with Gasteiger partial charge in [-0.3, -0.25) is 0 Å². The van der Waals surface area contributed by atoms with E-state index < -0.39 is 24.4 Å². The van der Waals surface area contributed by atoms with Crippen LogP contribution in [0.25, 0.3) is 0 Å². The van der Waals surface area contributed by atoms with Gasteiger partial charge in [0.05, 0.1) is 6.42 Å². The third-order valence-electron chi connectivity index (χ3n) is 3.52. The summed E-state index contributed by atoms with van der Waals surface area (Å²) < 4.78 is 30.5. The van der Waals surface area contributed by atoms with Gasteiger partial charge in [-0.1, -0.05) is 27.7 Å². The molecule has 1 N–H and O–H groups in total. The van der Waals surface area contributed by atoms with Gasteiger partial charge in [0.2, 0.25) is 0 Å². The van der Waals surface area contributed by atoms with Gasteiger partial charge in [-0.25, -0.2) is 4.79 Å². The first kappa shape index (κ1) is 15.3. The minimum atomic E-state index is -3.30. The first-order valence-electron chi connectivity index (χ1n) is 6.53. The minimum Gasteiger partial charge on any atom is -0.456 e. The van der Waals surface area contributed by atoms with Crippen molar-refractivity contribution >= 4 is 5.97 Å². The number of halogens is 2. The van der Waals surface area contributed by atoms with Crippen LogP contribution in [0.3, 0.4) is 0 Å². The Morgan fingerprint density at radius 2 is 1.89 bits per heavy atom. The van der Waals surface area contributed by atoms with Crippen molar-refractivity contribution in [1.82, 2.24) is 5.32 Å². The normalized spacial score (nSPS) is 23.2. The number of rotatable bonds is 6. The Hall–Kier alpha value is -0.710. The summed E-state index contributed by atoms with van der Waals surface area (Å²) in [5.41, 5.74) is 0. The van der Waals surface area contributed by atoms with Crippen molar-refractivity contribution < 1.29 is 18.3 Å². The molecule has 1 unspecified atom stereocenters. The molecule has 1 saturated heterocycles. The van der Waals surface area contributed by atoms with Crippen molar-refractivity contribution in [3.63, 3.8) is 0 Å². The summed E-state index contributed by atoms with van der Waals surface area (Å²) in [6.07, 6.45) is -1.21. The molecule has 1 aliphatic heterocycles. The highest BCUT2D eigenvalue weighted by molar-refractivity contribution is 5.79. The average molecular weight is 263 g/mol. The predicted octanol–water partition coefficient (Wildman–Crippen LogP) is 2.46. The zero-order chi connectivity index (χ0) is 13.9. The Morgan fingerprint density at radius 3 is 2.28 bits per heavy atom. The van der Waals surface area contributed by atoms with Crippen LogP contribution >= 0.6 is 0 Å². The lowest BCUT2D eigenvalue weighted by molar-refractivity contribution is -0.159. The van der Waals surface area contributed by atoms with E-state index in [9.17, 15) is 13.6 Å². The number of carbonyl (C=O) groups excluding carboxylic acids is 1. The molecule has 18 heavy (non-hydrogen) atoms. The summed E-state index contributed by atoms with van der Waals surface area (Å²) in [4.78, 5) is 10.8. The summed E-state index contributed by atoms with van der Waals surface area (Å²) in [7, 11) is 0. The molecule has 0 spiro atoms. The summed E-state index contributed by atoms with van der Waals surface area (Å²) in [6.45, 7) is 9.66. The molecule has 0 aromatic carbocycles. The number of nitrogens with one attached hydrogen (secondary N) is 1. The highest BCUT2D eigenvalue weighted by atomic mass is 19.3. The number of esters is 1. The van der Waals surface area contributed by atoms with Crippen molar-refractivity contribution in [3.05, 3.63) is 0 Å². The highest BCUT2D eigenvalue weighted by Gasteiger charge is 2.50. The Bertz CT molecular complexity index is 285. The van der Waals surface area contributed by atoms with Gasteiger partial charge in [-0.2, -0.15) is 8.78 Å². The molecule has 1 fully saturated rings. The molecule has 0 aromatic rings. The fourth-order valence-corrected chi connectivity index (χ4v) is 2.41. The third kappa shape index (κ3) is 3.90. The molecular formula is C13H23F2NO2. The molecule has 0 amide bonds. The first-order valence-corrected chi connectivity index (χ1v) is 6.53.